The molecule has 18 heavy (non-hydrogen) atoms. The van der Waals surface area contributed by atoms with Crippen LogP contribution >= 0.6 is 0 Å². The zero-order chi connectivity index (χ0) is 12.8. The lowest BCUT2D eigenvalue weighted by atomic mass is 10.2. The van der Waals surface area contributed by atoms with Crippen LogP contribution < -0.4 is 19.5 Å². The summed E-state index contributed by atoms with van der Waals surface area (Å²) in [4.78, 5) is 0. The number of nitrogens with one attached hydrogen (secondary N) is 1. The summed E-state index contributed by atoms with van der Waals surface area (Å²) < 4.78 is 16.8. The maximum atomic E-state index is 5.72. The molecule has 1 N–H and O–H groups in total. The summed E-state index contributed by atoms with van der Waals surface area (Å²) in [5.74, 6) is 2.92. The Morgan fingerprint density at radius 1 is 1.28 bits per heavy atom. The molecule has 1 aromatic carbocycles. The lowest BCUT2D eigenvalue weighted by Gasteiger charge is -2.20. The highest BCUT2D eigenvalue weighted by Gasteiger charge is 2.16. The van der Waals surface area contributed by atoms with Gasteiger partial charge in [0.2, 0.25) is 5.75 Å². The summed E-state index contributed by atoms with van der Waals surface area (Å²) in [5, 5.41) is 3.34. The van der Waals surface area contributed by atoms with Gasteiger partial charge < -0.3 is 19.5 Å². The predicted octanol–water partition coefficient (Wildman–Crippen LogP) is 2.08. The number of hydrogen-bond donors (Lipinski definition) is 1. The summed E-state index contributed by atoms with van der Waals surface area (Å²) in [6.45, 7) is 8.04. The molecule has 1 aromatic rings. The Kier molecular flexibility index (Phi) is 4.70. The number of ether oxygens (including phenoxy) is 3. The standard InChI is InChI=1S/C14H21NO3/c1-11(2)10-15-6-7-16-12-4-3-5-13-14(12)18-9-8-17-13/h3-5,11,15H,6-10H2,1-2H3. The van der Waals surface area contributed by atoms with Crippen LogP contribution in [-0.4, -0.2) is 32.9 Å². The molecule has 2 rings (SSSR count). The van der Waals surface area contributed by atoms with Crippen LogP contribution in [0.1, 0.15) is 13.8 Å². The quantitative estimate of drug-likeness (QED) is 0.786. The Labute approximate surface area is 108 Å². The van der Waals surface area contributed by atoms with E-state index in [2.05, 4.69) is 19.2 Å². The second-order valence-corrected chi connectivity index (χ2v) is 4.73. The van der Waals surface area contributed by atoms with Crippen LogP contribution in [0.2, 0.25) is 0 Å². The molecule has 0 aromatic heterocycles. The Bertz CT molecular complexity index is 379. The van der Waals surface area contributed by atoms with Gasteiger partial charge in [0.25, 0.3) is 0 Å². The smallest absolute Gasteiger partial charge is 0.203 e. The van der Waals surface area contributed by atoms with Crippen LogP contribution in [0.3, 0.4) is 0 Å². The minimum Gasteiger partial charge on any atom is -0.488 e. The first-order chi connectivity index (χ1) is 8.77. The van der Waals surface area contributed by atoms with E-state index in [1.807, 2.05) is 18.2 Å². The molecule has 0 bridgehead atoms. The average Bonchev–Trinajstić information content (AvgIpc) is 2.38. The predicted molar refractivity (Wildman–Crippen MR) is 70.6 cm³/mol. The molecule has 1 aliphatic rings. The Morgan fingerprint density at radius 3 is 2.94 bits per heavy atom. The Hall–Kier alpha value is -1.42. The van der Waals surface area contributed by atoms with Crippen molar-refractivity contribution >= 4 is 0 Å². The number of hydrogen-bond acceptors (Lipinski definition) is 4. The first-order valence-corrected chi connectivity index (χ1v) is 6.49. The molecule has 1 heterocycles. The number of benzene rings is 1. The molecule has 4 nitrogen and oxygen atoms in total. The second-order valence-electron chi connectivity index (χ2n) is 4.73. The third-order valence-corrected chi connectivity index (χ3v) is 2.62. The molecule has 0 fully saturated rings. The lowest BCUT2D eigenvalue weighted by Crippen LogP contribution is -2.25. The zero-order valence-corrected chi connectivity index (χ0v) is 11.1. The van der Waals surface area contributed by atoms with Crippen molar-refractivity contribution in [3.8, 4) is 17.2 Å². The van der Waals surface area contributed by atoms with Gasteiger partial charge in [-0.1, -0.05) is 19.9 Å². The van der Waals surface area contributed by atoms with Gasteiger partial charge in [-0.25, -0.2) is 0 Å². The van der Waals surface area contributed by atoms with E-state index < -0.39 is 0 Å². The molecule has 0 saturated carbocycles. The van der Waals surface area contributed by atoms with Crippen molar-refractivity contribution in [2.24, 2.45) is 5.92 Å². The van der Waals surface area contributed by atoms with Gasteiger partial charge in [0, 0.05) is 6.54 Å². The van der Waals surface area contributed by atoms with Gasteiger partial charge in [0.1, 0.15) is 19.8 Å². The monoisotopic (exact) mass is 251 g/mol. The summed E-state index contributed by atoms with van der Waals surface area (Å²) in [6.07, 6.45) is 0. The van der Waals surface area contributed by atoms with E-state index in [0.29, 0.717) is 25.7 Å². The molecule has 0 atom stereocenters. The van der Waals surface area contributed by atoms with Crippen LogP contribution in [0.5, 0.6) is 17.2 Å². The van der Waals surface area contributed by atoms with Crippen LogP contribution in [0.15, 0.2) is 18.2 Å². The van der Waals surface area contributed by atoms with Gasteiger partial charge in [-0.3, -0.25) is 0 Å². The molecule has 0 radical (unpaired) electrons. The van der Waals surface area contributed by atoms with Gasteiger partial charge in [-0.05, 0) is 24.6 Å². The van der Waals surface area contributed by atoms with Crippen LogP contribution in [0.25, 0.3) is 0 Å². The average molecular weight is 251 g/mol. The molecule has 100 valence electrons. The fourth-order valence-electron chi connectivity index (χ4n) is 1.78. The summed E-state index contributed by atoms with van der Waals surface area (Å²) >= 11 is 0. The molecule has 0 spiro atoms. The SMILES string of the molecule is CC(C)CNCCOc1cccc2c1OCCO2. The molecule has 0 unspecified atom stereocenters. The first-order valence-electron chi connectivity index (χ1n) is 6.49. The van der Waals surface area contributed by atoms with Crippen molar-refractivity contribution in [1.29, 1.82) is 0 Å². The number of rotatable bonds is 6. The third-order valence-electron chi connectivity index (χ3n) is 2.62. The largest absolute Gasteiger partial charge is 0.488 e. The van der Waals surface area contributed by atoms with E-state index in [1.165, 1.54) is 0 Å². The van der Waals surface area contributed by atoms with Crippen molar-refractivity contribution in [3.63, 3.8) is 0 Å². The highest BCUT2D eigenvalue weighted by atomic mass is 16.6. The minimum absolute atomic E-state index is 0.582. The number of fused-ring (bicyclic) bond motifs is 1. The highest BCUT2D eigenvalue weighted by molar-refractivity contribution is 5.51. The minimum atomic E-state index is 0.582. The number of para-hydroxylation sites is 1. The van der Waals surface area contributed by atoms with E-state index in [0.717, 1.165) is 30.3 Å². The summed E-state index contributed by atoms with van der Waals surface area (Å²) in [5.41, 5.74) is 0. The summed E-state index contributed by atoms with van der Waals surface area (Å²) in [7, 11) is 0. The topological polar surface area (TPSA) is 39.7 Å². The van der Waals surface area contributed by atoms with Crippen LogP contribution in [0.4, 0.5) is 0 Å². The molecule has 0 amide bonds. The second kappa shape index (κ2) is 6.50. The fourth-order valence-corrected chi connectivity index (χ4v) is 1.78. The Balaban J connectivity index is 1.82. The molecule has 0 saturated heterocycles. The van der Waals surface area contributed by atoms with Gasteiger partial charge in [-0.15, -0.1) is 0 Å². The molecular weight excluding hydrogens is 230 g/mol. The van der Waals surface area contributed by atoms with Crippen molar-refractivity contribution in [2.45, 2.75) is 13.8 Å². The maximum absolute atomic E-state index is 5.72. The molecule has 4 heteroatoms. The first kappa shape index (κ1) is 13.0. The highest BCUT2D eigenvalue weighted by Crippen LogP contribution is 2.38. The molecule has 0 aliphatic carbocycles. The van der Waals surface area contributed by atoms with Crippen molar-refractivity contribution in [2.75, 3.05) is 32.9 Å². The van der Waals surface area contributed by atoms with Gasteiger partial charge in [-0.2, -0.15) is 0 Å². The normalized spacial score (nSPS) is 13.7. The van der Waals surface area contributed by atoms with E-state index in [-0.39, 0.29) is 0 Å². The zero-order valence-electron chi connectivity index (χ0n) is 11.1. The molecule has 1 aliphatic heterocycles. The van der Waals surface area contributed by atoms with Crippen LogP contribution in [0, 0.1) is 5.92 Å². The van der Waals surface area contributed by atoms with Crippen LogP contribution in [-0.2, 0) is 0 Å². The van der Waals surface area contributed by atoms with E-state index in [1.54, 1.807) is 0 Å². The van der Waals surface area contributed by atoms with E-state index >= 15 is 0 Å². The molecular formula is C14H21NO3. The van der Waals surface area contributed by atoms with Crippen molar-refractivity contribution < 1.29 is 14.2 Å². The van der Waals surface area contributed by atoms with Gasteiger partial charge in [0.15, 0.2) is 11.5 Å². The fraction of sp³-hybridized carbons (Fsp3) is 0.571. The van der Waals surface area contributed by atoms with Crippen molar-refractivity contribution in [1.82, 2.24) is 5.32 Å². The maximum Gasteiger partial charge on any atom is 0.203 e. The lowest BCUT2D eigenvalue weighted by molar-refractivity contribution is 0.162. The van der Waals surface area contributed by atoms with Gasteiger partial charge in [0.05, 0.1) is 0 Å². The van der Waals surface area contributed by atoms with Gasteiger partial charge >= 0.3 is 0 Å². The van der Waals surface area contributed by atoms with Crippen molar-refractivity contribution in [3.05, 3.63) is 18.2 Å². The summed E-state index contributed by atoms with van der Waals surface area (Å²) in [6, 6.07) is 5.73. The van der Waals surface area contributed by atoms with E-state index in [4.69, 9.17) is 14.2 Å². The Morgan fingerprint density at radius 2 is 2.11 bits per heavy atom. The third kappa shape index (κ3) is 3.53. The van der Waals surface area contributed by atoms with E-state index in [9.17, 15) is 0 Å².